The lowest BCUT2D eigenvalue weighted by atomic mass is 10.1. The Morgan fingerprint density at radius 2 is 2.05 bits per heavy atom. The van der Waals surface area contributed by atoms with Gasteiger partial charge in [0.15, 0.2) is 0 Å². The lowest BCUT2D eigenvalue weighted by molar-refractivity contribution is -0.384. The molecule has 116 valence electrons. The molecular formula is C13H21N5O3. The smallest absolute Gasteiger partial charge is 0.294 e. The summed E-state index contributed by atoms with van der Waals surface area (Å²) >= 11 is 0. The van der Waals surface area contributed by atoms with E-state index in [-0.39, 0.29) is 22.8 Å². The number of benzene rings is 1. The first-order valence-corrected chi connectivity index (χ1v) is 6.79. The van der Waals surface area contributed by atoms with Gasteiger partial charge >= 0.3 is 0 Å². The van der Waals surface area contributed by atoms with Crippen molar-refractivity contribution in [2.75, 3.05) is 31.6 Å². The van der Waals surface area contributed by atoms with Gasteiger partial charge < -0.3 is 15.6 Å². The number of nitro groups is 1. The van der Waals surface area contributed by atoms with E-state index < -0.39 is 4.92 Å². The molecule has 1 rings (SSSR count). The van der Waals surface area contributed by atoms with Crippen LogP contribution in [0.4, 0.5) is 11.4 Å². The SMILES string of the molecule is CCN(CC)CCNC(=O)c1ccc(NN)c([N+](=O)[O-])c1. The standard InChI is InChI=1S/C13H21N5O3/c1-3-17(4-2)8-7-15-13(19)10-5-6-11(16-14)12(9-10)18(20)21/h5-6,9,16H,3-4,7-8,14H2,1-2H3,(H,15,19). The minimum atomic E-state index is -0.581. The molecule has 21 heavy (non-hydrogen) atoms. The Labute approximate surface area is 123 Å². The Morgan fingerprint density at radius 3 is 2.57 bits per heavy atom. The molecule has 0 bridgehead atoms. The van der Waals surface area contributed by atoms with Gasteiger partial charge in [-0.3, -0.25) is 20.8 Å². The third kappa shape index (κ3) is 4.69. The Bertz CT molecular complexity index is 503. The van der Waals surface area contributed by atoms with E-state index in [1.807, 2.05) is 13.8 Å². The summed E-state index contributed by atoms with van der Waals surface area (Å²) in [5.41, 5.74) is 2.41. The molecule has 0 aromatic heterocycles. The van der Waals surface area contributed by atoms with E-state index in [1.54, 1.807) is 0 Å². The van der Waals surface area contributed by atoms with E-state index in [0.29, 0.717) is 6.54 Å². The van der Waals surface area contributed by atoms with E-state index >= 15 is 0 Å². The van der Waals surface area contributed by atoms with Gasteiger partial charge in [-0.05, 0) is 25.2 Å². The third-order valence-corrected chi connectivity index (χ3v) is 3.22. The number of hydrogen-bond donors (Lipinski definition) is 3. The molecule has 0 atom stereocenters. The number of hydrogen-bond acceptors (Lipinski definition) is 6. The highest BCUT2D eigenvalue weighted by molar-refractivity contribution is 5.95. The molecule has 0 radical (unpaired) electrons. The van der Waals surface area contributed by atoms with Crippen molar-refractivity contribution in [1.82, 2.24) is 10.2 Å². The maximum atomic E-state index is 12.0. The minimum absolute atomic E-state index is 0.166. The zero-order chi connectivity index (χ0) is 15.8. The largest absolute Gasteiger partial charge is 0.351 e. The number of nitrogens with one attached hydrogen (secondary N) is 2. The van der Waals surface area contributed by atoms with Crippen LogP contribution >= 0.6 is 0 Å². The summed E-state index contributed by atoms with van der Waals surface area (Å²) in [6, 6.07) is 4.12. The Morgan fingerprint density at radius 1 is 1.38 bits per heavy atom. The van der Waals surface area contributed by atoms with Crippen LogP contribution in [-0.4, -0.2) is 41.9 Å². The molecule has 0 aliphatic heterocycles. The van der Waals surface area contributed by atoms with E-state index in [1.165, 1.54) is 18.2 Å². The topological polar surface area (TPSA) is 114 Å². The summed E-state index contributed by atoms with van der Waals surface area (Å²) in [5.74, 6) is 4.86. The molecule has 8 nitrogen and oxygen atoms in total. The van der Waals surface area contributed by atoms with Gasteiger partial charge in [0.2, 0.25) is 0 Å². The summed E-state index contributed by atoms with van der Waals surface area (Å²) in [4.78, 5) is 24.5. The maximum Gasteiger partial charge on any atom is 0.294 e. The van der Waals surface area contributed by atoms with Crippen LogP contribution in [0.5, 0.6) is 0 Å². The van der Waals surface area contributed by atoms with Gasteiger partial charge in [-0.2, -0.15) is 0 Å². The number of hydrazine groups is 1. The van der Waals surface area contributed by atoms with Crippen molar-refractivity contribution in [3.05, 3.63) is 33.9 Å². The summed E-state index contributed by atoms with van der Waals surface area (Å²) in [6.45, 7) is 7.15. The molecule has 0 heterocycles. The fraction of sp³-hybridized carbons (Fsp3) is 0.462. The number of carbonyl (C=O) groups excluding carboxylic acids is 1. The van der Waals surface area contributed by atoms with Crippen LogP contribution in [0, 0.1) is 10.1 Å². The predicted molar refractivity (Wildman–Crippen MR) is 81.0 cm³/mol. The number of amides is 1. The monoisotopic (exact) mass is 295 g/mol. The van der Waals surface area contributed by atoms with E-state index in [9.17, 15) is 14.9 Å². The molecule has 0 saturated carbocycles. The summed E-state index contributed by atoms with van der Waals surface area (Å²) in [7, 11) is 0. The fourth-order valence-corrected chi connectivity index (χ4v) is 1.92. The van der Waals surface area contributed by atoms with Crippen molar-refractivity contribution >= 4 is 17.3 Å². The fourth-order valence-electron chi connectivity index (χ4n) is 1.92. The average molecular weight is 295 g/mol. The zero-order valence-corrected chi connectivity index (χ0v) is 12.3. The molecule has 1 aromatic rings. The van der Waals surface area contributed by atoms with Crippen molar-refractivity contribution in [2.45, 2.75) is 13.8 Å². The van der Waals surface area contributed by atoms with Crippen molar-refractivity contribution in [3.63, 3.8) is 0 Å². The van der Waals surface area contributed by atoms with E-state index in [4.69, 9.17) is 5.84 Å². The number of nitrogens with zero attached hydrogens (tertiary/aromatic N) is 2. The quantitative estimate of drug-likeness (QED) is 0.374. The Balaban J connectivity index is 2.70. The molecule has 0 unspecified atom stereocenters. The second-order valence-corrected chi connectivity index (χ2v) is 4.42. The van der Waals surface area contributed by atoms with Crippen molar-refractivity contribution in [3.8, 4) is 0 Å². The summed E-state index contributed by atoms with van der Waals surface area (Å²) in [5, 5.41) is 13.7. The number of likely N-dealkylation sites (N-methyl/N-ethyl adjacent to an activating group) is 1. The number of nitrogens with two attached hydrogens (primary N) is 1. The molecule has 0 aliphatic rings. The number of anilines is 1. The summed E-state index contributed by atoms with van der Waals surface area (Å²) < 4.78 is 0. The van der Waals surface area contributed by atoms with Gasteiger partial charge in [0.05, 0.1) is 4.92 Å². The lowest BCUT2D eigenvalue weighted by Crippen LogP contribution is -2.34. The first kappa shape index (κ1) is 16.9. The highest BCUT2D eigenvalue weighted by Gasteiger charge is 2.16. The Kier molecular flexibility index (Phi) is 6.57. The molecule has 8 heteroatoms. The molecule has 0 saturated heterocycles. The van der Waals surface area contributed by atoms with Gasteiger partial charge in [-0.15, -0.1) is 0 Å². The highest BCUT2D eigenvalue weighted by Crippen LogP contribution is 2.24. The normalized spacial score (nSPS) is 10.5. The first-order chi connectivity index (χ1) is 10.0. The minimum Gasteiger partial charge on any atom is -0.351 e. The second kappa shape index (κ2) is 8.18. The third-order valence-electron chi connectivity index (χ3n) is 3.22. The number of rotatable bonds is 8. The van der Waals surface area contributed by atoms with Crippen LogP contribution < -0.4 is 16.6 Å². The van der Waals surface area contributed by atoms with Crippen LogP contribution in [0.15, 0.2) is 18.2 Å². The summed E-state index contributed by atoms with van der Waals surface area (Å²) in [6.07, 6.45) is 0. The predicted octanol–water partition coefficient (Wildman–Crippen LogP) is 0.952. The molecule has 0 fully saturated rings. The van der Waals surface area contributed by atoms with Crippen molar-refractivity contribution in [2.24, 2.45) is 5.84 Å². The second-order valence-electron chi connectivity index (χ2n) is 4.42. The lowest BCUT2D eigenvalue weighted by Gasteiger charge is -2.17. The van der Waals surface area contributed by atoms with Crippen LogP contribution in [0.2, 0.25) is 0 Å². The molecular weight excluding hydrogens is 274 g/mol. The number of nitro benzene ring substituents is 1. The van der Waals surface area contributed by atoms with Gasteiger partial charge in [0, 0.05) is 24.7 Å². The van der Waals surface area contributed by atoms with Crippen LogP contribution in [0.3, 0.4) is 0 Å². The number of nitrogen functional groups attached to an aromatic ring is 1. The maximum absolute atomic E-state index is 12.0. The van der Waals surface area contributed by atoms with Gasteiger partial charge in [-0.25, -0.2) is 0 Å². The number of carbonyl (C=O) groups is 1. The molecule has 0 spiro atoms. The van der Waals surface area contributed by atoms with Gasteiger partial charge in [0.1, 0.15) is 5.69 Å². The molecule has 1 amide bonds. The van der Waals surface area contributed by atoms with Crippen LogP contribution in [0.1, 0.15) is 24.2 Å². The van der Waals surface area contributed by atoms with Crippen molar-refractivity contribution in [1.29, 1.82) is 0 Å². The molecule has 1 aromatic carbocycles. The van der Waals surface area contributed by atoms with E-state index in [0.717, 1.165) is 19.6 Å². The van der Waals surface area contributed by atoms with Gasteiger partial charge in [-0.1, -0.05) is 13.8 Å². The highest BCUT2D eigenvalue weighted by atomic mass is 16.6. The Hall–Kier alpha value is -2.19. The molecule has 0 aliphatic carbocycles. The van der Waals surface area contributed by atoms with Crippen molar-refractivity contribution < 1.29 is 9.72 Å². The van der Waals surface area contributed by atoms with E-state index in [2.05, 4.69) is 15.6 Å². The first-order valence-electron chi connectivity index (χ1n) is 6.79. The average Bonchev–Trinajstić information content (AvgIpc) is 2.50. The molecule has 4 N–H and O–H groups in total. The van der Waals surface area contributed by atoms with Crippen LogP contribution in [0.25, 0.3) is 0 Å². The van der Waals surface area contributed by atoms with Crippen LogP contribution in [-0.2, 0) is 0 Å². The van der Waals surface area contributed by atoms with Gasteiger partial charge in [0.25, 0.3) is 11.6 Å². The zero-order valence-electron chi connectivity index (χ0n) is 12.3.